The number of hydrogen-bond acceptors (Lipinski definition) is 10. The number of nitrogens with one attached hydrogen (secondary N) is 2. The average molecular weight is 519 g/mol. The molecule has 0 unspecified atom stereocenters. The molecule has 0 saturated carbocycles. The Morgan fingerprint density at radius 1 is 0.973 bits per heavy atom. The van der Waals surface area contributed by atoms with E-state index in [-0.39, 0.29) is 6.09 Å². The zero-order valence-corrected chi connectivity index (χ0v) is 22.3. The molecule has 0 radical (unpaired) electrons. The number of anilines is 1. The number of alkyl carbamates (subject to hydrolysis) is 1. The Bertz CT molecular complexity index is 1150. The van der Waals surface area contributed by atoms with E-state index in [4.69, 9.17) is 28.7 Å². The Labute approximate surface area is 217 Å². The maximum absolute atomic E-state index is 11.7. The van der Waals surface area contributed by atoms with E-state index in [0.29, 0.717) is 80.5 Å². The molecule has 0 aliphatic rings. The second kappa shape index (κ2) is 14.4. The van der Waals surface area contributed by atoms with Crippen molar-refractivity contribution in [3.05, 3.63) is 18.0 Å². The molecule has 0 spiro atoms. The van der Waals surface area contributed by atoms with E-state index in [1.165, 1.54) is 0 Å². The highest BCUT2D eigenvalue weighted by molar-refractivity contribution is 5.85. The summed E-state index contributed by atoms with van der Waals surface area (Å²) in [6.45, 7) is 9.14. The summed E-state index contributed by atoms with van der Waals surface area (Å²) in [5.74, 6) is 2.81. The van der Waals surface area contributed by atoms with Crippen molar-refractivity contribution in [1.82, 2.24) is 24.9 Å². The smallest absolute Gasteiger partial charge is 0.407 e. The molecule has 2 N–H and O–H groups in total. The van der Waals surface area contributed by atoms with Crippen LogP contribution in [-0.2, 0) is 14.2 Å². The summed E-state index contributed by atoms with van der Waals surface area (Å²) in [5.41, 5.74) is 2.13. The third-order valence-electron chi connectivity index (χ3n) is 5.35. The average Bonchev–Trinajstić information content (AvgIpc) is 3.27. The van der Waals surface area contributed by atoms with Crippen molar-refractivity contribution >= 4 is 28.6 Å². The van der Waals surface area contributed by atoms with Gasteiger partial charge in [-0.2, -0.15) is 0 Å². The van der Waals surface area contributed by atoms with Crippen molar-refractivity contribution in [3.63, 3.8) is 0 Å². The number of aromatic nitrogens is 4. The number of benzene rings is 1. The fraction of sp³-hybridized carbons (Fsp3) is 0.600. The van der Waals surface area contributed by atoms with Crippen molar-refractivity contribution < 1.29 is 28.5 Å². The normalized spacial score (nSPS) is 11.3. The largest absolute Gasteiger partial charge is 0.487 e. The van der Waals surface area contributed by atoms with Crippen molar-refractivity contribution in [1.29, 1.82) is 0 Å². The molecule has 204 valence electrons. The molecule has 0 fully saturated rings. The summed E-state index contributed by atoms with van der Waals surface area (Å²) < 4.78 is 29.1. The van der Waals surface area contributed by atoms with Crippen molar-refractivity contribution in [2.24, 2.45) is 5.92 Å². The Kier molecular flexibility index (Phi) is 11.0. The Hall–Kier alpha value is -3.38. The van der Waals surface area contributed by atoms with Crippen LogP contribution in [0.5, 0.6) is 11.5 Å². The molecule has 1 amide bonds. The Morgan fingerprint density at radius 3 is 2.32 bits per heavy atom. The van der Waals surface area contributed by atoms with Crippen molar-refractivity contribution in [2.45, 2.75) is 33.6 Å². The first kappa shape index (κ1) is 28.2. The van der Waals surface area contributed by atoms with Crippen LogP contribution in [-0.4, -0.2) is 86.0 Å². The summed E-state index contributed by atoms with van der Waals surface area (Å²) in [5, 5.41) is 14.7. The van der Waals surface area contributed by atoms with E-state index < -0.39 is 0 Å². The zero-order chi connectivity index (χ0) is 26.6. The van der Waals surface area contributed by atoms with Gasteiger partial charge in [-0.3, -0.25) is 4.40 Å². The lowest BCUT2D eigenvalue weighted by Gasteiger charge is -2.15. The van der Waals surface area contributed by atoms with Crippen LogP contribution in [0.2, 0.25) is 0 Å². The molecule has 3 rings (SSSR count). The first-order chi connectivity index (χ1) is 17.9. The number of rotatable bonds is 16. The lowest BCUT2D eigenvalue weighted by atomic mass is 10.2. The van der Waals surface area contributed by atoms with Gasteiger partial charge in [-0.25, -0.2) is 9.78 Å². The van der Waals surface area contributed by atoms with Gasteiger partial charge in [0.1, 0.15) is 19.0 Å². The van der Waals surface area contributed by atoms with E-state index in [0.717, 1.165) is 24.2 Å². The van der Waals surface area contributed by atoms with Crippen LogP contribution in [0, 0.1) is 12.8 Å². The highest BCUT2D eigenvalue weighted by Crippen LogP contribution is 2.34. The summed E-state index contributed by atoms with van der Waals surface area (Å²) in [7, 11) is 3.25. The van der Waals surface area contributed by atoms with E-state index in [1.807, 2.05) is 37.3 Å². The van der Waals surface area contributed by atoms with Crippen LogP contribution in [0.1, 0.15) is 32.5 Å². The highest BCUT2D eigenvalue weighted by atomic mass is 16.6. The van der Waals surface area contributed by atoms with Gasteiger partial charge in [0.15, 0.2) is 17.3 Å². The molecule has 2 heterocycles. The number of aryl methyl sites for hydroxylation is 1. The third kappa shape index (κ3) is 8.05. The summed E-state index contributed by atoms with van der Waals surface area (Å²) in [4.78, 5) is 16.5. The fourth-order valence-electron chi connectivity index (χ4n) is 3.54. The van der Waals surface area contributed by atoms with Gasteiger partial charge in [0.25, 0.3) is 0 Å². The zero-order valence-electron chi connectivity index (χ0n) is 22.3. The molecule has 12 heteroatoms. The molecule has 37 heavy (non-hydrogen) atoms. The van der Waals surface area contributed by atoms with Gasteiger partial charge in [-0.05, 0) is 25.7 Å². The monoisotopic (exact) mass is 518 g/mol. The predicted octanol–water partition coefficient (Wildman–Crippen LogP) is 3.21. The van der Waals surface area contributed by atoms with Crippen LogP contribution in [0.3, 0.4) is 0 Å². The van der Waals surface area contributed by atoms with Crippen LogP contribution in [0.15, 0.2) is 12.1 Å². The summed E-state index contributed by atoms with van der Waals surface area (Å²) >= 11 is 0. The quantitative estimate of drug-likeness (QED) is 0.273. The van der Waals surface area contributed by atoms with Crippen LogP contribution in [0.4, 0.5) is 10.6 Å². The maximum atomic E-state index is 11.7. The van der Waals surface area contributed by atoms with Crippen molar-refractivity contribution in [3.8, 4) is 11.5 Å². The molecule has 0 bridgehead atoms. The first-order valence-corrected chi connectivity index (χ1v) is 12.5. The number of carbonyl (C=O) groups excluding carboxylic acids is 1. The van der Waals surface area contributed by atoms with Gasteiger partial charge in [-0.1, -0.05) is 13.8 Å². The van der Waals surface area contributed by atoms with Crippen LogP contribution < -0.4 is 20.1 Å². The minimum Gasteiger partial charge on any atom is -0.487 e. The lowest BCUT2D eigenvalue weighted by Crippen LogP contribution is -2.26. The molecule has 2 aromatic heterocycles. The van der Waals surface area contributed by atoms with Gasteiger partial charge < -0.3 is 34.3 Å². The second-order valence-electron chi connectivity index (χ2n) is 8.89. The number of hydrogen-bond donors (Lipinski definition) is 2. The standard InChI is InChI=1S/C25H38N6O6/c1-17(2)16-37-25(32)27-9-7-6-8-26-23-24-30-29-18(3)31(24)20-15-22(36-13-11-34-5)21(14-19(20)28-23)35-12-10-33-4/h14-15,17H,6-13,16H2,1-5H3,(H,26,28)(H,27,32). The molecule has 12 nitrogen and oxygen atoms in total. The van der Waals surface area contributed by atoms with Gasteiger partial charge in [0.05, 0.1) is 30.9 Å². The second-order valence-corrected chi connectivity index (χ2v) is 8.89. The van der Waals surface area contributed by atoms with Crippen LogP contribution >= 0.6 is 0 Å². The number of amides is 1. The highest BCUT2D eigenvalue weighted by Gasteiger charge is 2.17. The number of unbranched alkanes of at least 4 members (excludes halogenated alkanes) is 1. The van der Waals surface area contributed by atoms with Gasteiger partial charge in [0.2, 0.25) is 5.65 Å². The van der Waals surface area contributed by atoms with E-state index in [1.54, 1.807) is 14.2 Å². The first-order valence-electron chi connectivity index (χ1n) is 12.5. The molecule has 0 saturated heterocycles. The molecular formula is C25H38N6O6. The minimum absolute atomic E-state index is 0.310. The summed E-state index contributed by atoms with van der Waals surface area (Å²) in [6.07, 6.45) is 1.23. The van der Waals surface area contributed by atoms with Gasteiger partial charge >= 0.3 is 6.09 Å². The fourth-order valence-corrected chi connectivity index (χ4v) is 3.54. The maximum Gasteiger partial charge on any atom is 0.407 e. The number of fused-ring (bicyclic) bond motifs is 3. The van der Waals surface area contributed by atoms with E-state index in [9.17, 15) is 4.79 Å². The molecule has 0 aliphatic carbocycles. The molecule has 3 aromatic rings. The molecular weight excluding hydrogens is 480 g/mol. The predicted molar refractivity (Wildman–Crippen MR) is 140 cm³/mol. The Balaban J connectivity index is 1.73. The number of carbonyl (C=O) groups is 1. The number of methoxy groups -OCH3 is 2. The van der Waals surface area contributed by atoms with Crippen molar-refractivity contribution in [2.75, 3.05) is 65.7 Å². The Morgan fingerprint density at radius 2 is 1.65 bits per heavy atom. The molecule has 1 aromatic carbocycles. The SMILES string of the molecule is COCCOc1cc2nc(NCCCCNC(=O)OCC(C)C)c3nnc(C)n3c2cc1OCCOC. The lowest BCUT2D eigenvalue weighted by molar-refractivity contribution is 0.132. The third-order valence-corrected chi connectivity index (χ3v) is 5.35. The molecule has 0 aliphatic heterocycles. The van der Waals surface area contributed by atoms with E-state index >= 15 is 0 Å². The molecule has 0 atom stereocenters. The topological polar surface area (TPSA) is 130 Å². The number of ether oxygens (including phenoxy) is 5. The number of nitrogens with zero attached hydrogens (tertiary/aromatic N) is 4. The minimum atomic E-state index is -0.382. The van der Waals surface area contributed by atoms with E-state index in [2.05, 4.69) is 20.8 Å². The van der Waals surface area contributed by atoms with Crippen LogP contribution in [0.25, 0.3) is 16.7 Å². The van der Waals surface area contributed by atoms with Gasteiger partial charge in [-0.15, -0.1) is 10.2 Å². The van der Waals surface area contributed by atoms with Gasteiger partial charge in [0, 0.05) is 39.4 Å². The summed E-state index contributed by atoms with van der Waals surface area (Å²) in [6, 6.07) is 3.74.